The molecule has 0 radical (unpaired) electrons. The number of amides is 2. The average Bonchev–Trinajstić information content (AvgIpc) is 2.43. The van der Waals surface area contributed by atoms with Crippen LogP contribution in [0.3, 0.4) is 0 Å². The molecule has 4 nitrogen and oxygen atoms in total. The SMILES string of the molecule is C=CC(c1ccccc1)N(C(=O)/C=C/C)C(=O)OC(C)(C)C. The Morgan fingerprint density at radius 2 is 1.82 bits per heavy atom. The molecule has 0 N–H and O–H groups in total. The Bertz CT molecular complexity index is 555. The summed E-state index contributed by atoms with van der Waals surface area (Å²) >= 11 is 0. The van der Waals surface area contributed by atoms with Gasteiger partial charge in [-0.2, -0.15) is 0 Å². The molecule has 22 heavy (non-hydrogen) atoms. The molecule has 1 aromatic rings. The largest absolute Gasteiger partial charge is 0.443 e. The van der Waals surface area contributed by atoms with Crippen LogP contribution >= 0.6 is 0 Å². The van der Waals surface area contributed by atoms with Crippen LogP contribution in [0.15, 0.2) is 55.1 Å². The van der Waals surface area contributed by atoms with E-state index in [0.717, 1.165) is 10.5 Å². The summed E-state index contributed by atoms with van der Waals surface area (Å²) in [6.07, 6.45) is 3.79. The van der Waals surface area contributed by atoms with Crippen LogP contribution in [0.4, 0.5) is 4.79 Å². The molecule has 1 atom stereocenters. The second-order valence-electron chi connectivity index (χ2n) is 5.78. The zero-order valence-corrected chi connectivity index (χ0v) is 13.6. The normalized spacial score (nSPS) is 12.7. The molecule has 0 fully saturated rings. The van der Waals surface area contributed by atoms with Crippen LogP contribution in [0.1, 0.15) is 39.3 Å². The summed E-state index contributed by atoms with van der Waals surface area (Å²) in [6.45, 7) is 10.7. The van der Waals surface area contributed by atoms with Gasteiger partial charge in [-0.1, -0.05) is 42.5 Å². The fraction of sp³-hybridized carbons (Fsp3) is 0.333. The highest BCUT2D eigenvalue weighted by Crippen LogP contribution is 2.24. The molecule has 0 spiro atoms. The third kappa shape index (κ3) is 4.88. The average molecular weight is 301 g/mol. The van der Waals surface area contributed by atoms with Crippen molar-refractivity contribution >= 4 is 12.0 Å². The summed E-state index contributed by atoms with van der Waals surface area (Å²) in [5, 5.41) is 0. The number of nitrogens with zero attached hydrogens (tertiary/aromatic N) is 1. The van der Waals surface area contributed by atoms with E-state index in [-0.39, 0.29) is 0 Å². The van der Waals surface area contributed by atoms with Gasteiger partial charge >= 0.3 is 6.09 Å². The molecular weight excluding hydrogens is 278 g/mol. The fourth-order valence-electron chi connectivity index (χ4n) is 1.92. The molecule has 0 aromatic heterocycles. The first-order chi connectivity index (χ1) is 10.3. The summed E-state index contributed by atoms with van der Waals surface area (Å²) in [5.74, 6) is -0.439. The van der Waals surface area contributed by atoms with Crippen LogP contribution < -0.4 is 0 Å². The predicted octanol–water partition coefficient (Wildman–Crippen LogP) is 4.25. The Kier molecular flexibility index (Phi) is 6.11. The first-order valence-electron chi connectivity index (χ1n) is 7.16. The second-order valence-corrected chi connectivity index (χ2v) is 5.78. The van der Waals surface area contributed by atoms with Gasteiger partial charge in [0.15, 0.2) is 0 Å². The van der Waals surface area contributed by atoms with Crippen LogP contribution in [0, 0.1) is 0 Å². The fourth-order valence-corrected chi connectivity index (χ4v) is 1.92. The maximum absolute atomic E-state index is 12.5. The highest BCUT2D eigenvalue weighted by Gasteiger charge is 2.31. The van der Waals surface area contributed by atoms with Crippen molar-refractivity contribution in [1.82, 2.24) is 4.90 Å². The van der Waals surface area contributed by atoms with E-state index in [1.807, 2.05) is 30.3 Å². The Hall–Kier alpha value is -2.36. The van der Waals surface area contributed by atoms with E-state index in [9.17, 15) is 9.59 Å². The van der Waals surface area contributed by atoms with E-state index in [1.54, 1.807) is 39.8 Å². The Labute approximate surface area is 132 Å². The summed E-state index contributed by atoms with van der Waals surface area (Å²) < 4.78 is 5.36. The molecule has 0 aliphatic carbocycles. The summed E-state index contributed by atoms with van der Waals surface area (Å²) in [7, 11) is 0. The summed E-state index contributed by atoms with van der Waals surface area (Å²) in [4.78, 5) is 25.9. The molecular formula is C18H23NO3. The molecule has 118 valence electrons. The summed E-state index contributed by atoms with van der Waals surface area (Å²) in [6, 6.07) is 8.66. The highest BCUT2D eigenvalue weighted by atomic mass is 16.6. The number of allylic oxidation sites excluding steroid dienone is 1. The minimum atomic E-state index is -0.690. The van der Waals surface area contributed by atoms with Crippen molar-refractivity contribution in [3.8, 4) is 0 Å². The van der Waals surface area contributed by atoms with E-state index in [0.29, 0.717) is 0 Å². The van der Waals surface area contributed by atoms with E-state index >= 15 is 0 Å². The van der Waals surface area contributed by atoms with Gasteiger partial charge in [-0.25, -0.2) is 9.69 Å². The Morgan fingerprint density at radius 3 is 2.27 bits per heavy atom. The number of hydrogen-bond donors (Lipinski definition) is 0. The van der Waals surface area contributed by atoms with Crippen LogP contribution in [0.25, 0.3) is 0 Å². The zero-order chi connectivity index (χ0) is 16.8. The van der Waals surface area contributed by atoms with E-state index in [2.05, 4.69) is 6.58 Å². The van der Waals surface area contributed by atoms with Gasteiger partial charge in [-0.15, -0.1) is 6.58 Å². The van der Waals surface area contributed by atoms with Gasteiger partial charge in [0.25, 0.3) is 5.91 Å². The van der Waals surface area contributed by atoms with E-state index in [4.69, 9.17) is 4.74 Å². The van der Waals surface area contributed by atoms with Crippen LogP contribution in [0.5, 0.6) is 0 Å². The lowest BCUT2D eigenvalue weighted by molar-refractivity contribution is -0.126. The molecule has 0 aliphatic heterocycles. The standard InChI is InChI=1S/C18H23NO3/c1-6-11-16(20)19(17(21)22-18(3,4)5)15(7-2)14-12-9-8-10-13-14/h6-13,15H,2H2,1,3-5H3/b11-6+. The maximum atomic E-state index is 12.5. The van der Waals surface area contributed by atoms with Crippen molar-refractivity contribution in [2.45, 2.75) is 39.3 Å². The lowest BCUT2D eigenvalue weighted by Crippen LogP contribution is -2.42. The topological polar surface area (TPSA) is 46.6 Å². The molecule has 4 heteroatoms. The number of carbonyl (C=O) groups excluding carboxylic acids is 2. The third-order valence-electron chi connectivity index (χ3n) is 2.78. The van der Waals surface area contributed by atoms with Crippen molar-refractivity contribution in [2.24, 2.45) is 0 Å². The molecule has 0 bridgehead atoms. The second kappa shape index (κ2) is 7.59. The van der Waals surface area contributed by atoms with Crippen molar-refractivity contribution in [1.29, 1.82) is 0 Å². The molecule has 0 aliphatic rings. The van der Waals surface area contributed by atoms with Crippen molar-refractivity contribution in [2.75, 3.05) is 0 Å². The molecule has 0 saturated heterocycles. The zero-order valence-electron chi connectivity index (χ0n) is 13.6. The lowest BCUT2D eigenvalue weighted by atomic mass is 10.1. The minimum Gasteiger partial charge on any atom is -0.443 e. The van der Waals surface area contributed by atoms with Gasteiger partial charge in [0, 0.05) is 0 Å². The van der Waals surface area contributed by atoms with Crippen LogP contribution in [-0.4, -0.2) is 22.5 Å². The monoisotopic (exact) mass is 301 g/mol. The molecule has 1 aromatic carbocycles. The van der Waals surface area contributed by atoms with E-state index in [1.165, 1.54) is 6.08 Å². The number of benzene rings is 1. The quantitative estimate of drug-likeness (QED) is 0.617. The molecule has 0 heterocycles. The first-order valence-corrected chi connectivity index (χ1v) is 7.16. The van der Waals surface area contributed by atoms with E-state index < -0.39 is 23.6 Å². The number of rotatable bonds is 4. The first kappa shape index (κ1) is 17.7. The highest BCUT2D eigenvalue weighted by molar-refractivity contribution is 5.99. The van der Waals surface area contributed by atoms with Gasteiger partial charge in [0.1, 0.15) is 5.60 Å². The maximum Gasteiger partial charge on any atom is 0.418 e. The van der Waals surface area contributed by atoms with Crippen LogP contribution in [-0.2, 0) is 9.53 Å². The smallest absolute Gasteiger partial charge is 0.418 e. The lowest BCUT2D eigenvalue weighted by Gasteiger charge is -2.30. The number of ether oxygens (including phenoxy) is 1. The molecule has 1 unspecified atom stereocenters. The van der Waals surface area contributed by atoms with Gasteiger partial charge in [-0.3, -0.25) is 4.79 Å². The Balaban J connectivity index is 3.21. The van der Waals surface area contributed by atoms with Crippen LogP contribution in [0.2, 0.25) is 0 Å². The molecule has 2 amide bonds. The number of carbonyl (C=O) groups is 2. The Morgan fingerprint density at radius 1 is 1.23 bits per heavy atom. The predicted molar refractivity (Wildman–Crippen MR) is 87.3 cm³/mol. The van der Waals surface area contributed by atoms with Crippen molar-refractivity contribution in [3.05, 3.63) is 60.7 Å². The molecule has 0 saturated carbocycles. The third-order valence-corrected chi connectivity index (χ3v) is 2.78. The van der Waals surface area contributed by atoms with Gasteiger partial charge in [0.05, 0.1) is 6.04 Å². The van der Waals surface area contributed by atoms with Gasteiger partial charge < -0.3 is 4.74 Å². The molecule has 1 rings (SSSR count). The number of hydrogen-bond acceptors (Lipinski definition) is 3. The van der Waals surface area contributed by atoms with Gasteiger partial charge in [0.2, 0.25) is 0 Å². The summed E-state index contributed by atoms with van der Waals surface area (Å²) in [5.41, 5.74) is 0.106. The number of imide groups is 1. The minimum absolute atomic E-state index is 0.439. The van der Waals surface area contributed by atoms with Crippen molar-refractivity contribution in [3.63, 3.8) is 0 Å². The van der Waals surface area contributed by atoms with Gasteiger partial charge in [-0.05, 0) is 39.3 Å². The van der Waals surface area contributed by atoms with Crippen molar-refractivity contribution < 1.29 is 14.3 Å².